The molecule has 5 nitrogen and oxygen atoms in total. The van der Waals surface area contributed by atoms with Crippen LogP contribution in [-0.4, -0.2) is 29.4 Å². The van der Waals surface area contributed by atoms with E-state index in [1.165, 1.54) is 0 Å². The van der Waals surface area contributed by atoms with Crippen molar-refractivity contribution in [3.8, 4) is 0 Å². The normalized spacial score (nSPS) is 11.9. The molecule has 1 aromatic heterocycles. The van der Waals surface area contributed by atoms with Gasteiger partial charge in [-0.3, -0.25) is 9.59 Å². The maximum atomic E-state index is 13.6. The number of hydrogen-bond acceptors (Lipinski definition) is 2. The standard InChI is InChI=1S/C28H28ClN3O2/c1-3-32(22-12-8-5-9-13-22)28(34)26(16-20-10-6-4-7-11-20)31-27(33)18-23-19(2)30-25-15-14-21(29)17-24(23)25/h4-15,17,26,30H,3,16,18H2,1-2H3,(H,31,33). The van der Waals surface area contributed by atoms with Crippen LogP contribution in [0, 0.1) is 6.92 Å². The van der Waals surface area contributed by atoms with Crippen LogP contribution < -0.4 is 10.2 Å². The van der Waals surface area contributed by atoms with E-state index in [2.05, 4.69) is 10.3 Å². The highest BCUT2D eigenvalue weighted by molar-refractivity contribution is 6.31. The molecule has 0 aliphatic heterocycles. The van der Waals surface area contributed by atoms with Crippen molar-refractivity contribution in [1.82, 2.24) is 10.3 Å². The molecule has 2 amide bonds. The molecule has 1 unspecified atom stereocenters. The van der Waals surface area contributed by atoms with Gasteiger partial charge in [0, 0.05) is 40.3 Å². The molecule has 1 atom stereocenters. The van der Waals surface area contributed by atoms with Crippen LogP contribution in [0.3, 0.4) is 0 Å². The van der Waals surface area contributed by atoms with Crippen LogP contribution in [0.15, 0.2) is 78.9 Å². The summed E-state index contributed by atoms with van der Waals surface area (Å²) in [4.78, 5) is 31.9. The van der Waals surface area contributed by atoms with Gasteiger partial charge in [-0.05, 0) is 55.3 Å². The lowest BCUT2D eigenvalue weighted by Crippen LogP contribution is -2.50. The SMILES string of the molecule is CCN(C(=O)C(Cc1ccccc1)NC(=O)Cc1c(C)[nH]c2ccc(Cl)cc12)c1ccccc1. The molecule has 0 aliphatic rings. The number of nitrogens with zero attached hydrogens (tertiary/aromatic N) is 1. The van der Waals surface area contributed by atoms with Crippen LogP contribution in [0.4, 0.5) is 5.69 Å². The van der Waals surface area contributed by atoms with E-state index in [1.54, 1.807) is 4.90 Å². The highest BCUT2D eigenvalue weighted by Crippen LogP contribution is 2.26. The Morgan fingerprint density at radius 1 is 1.00 bits per heavy atom. The van der Waals surface area contributed by atoms with Gasteiger partial charge in [0.15, 0.2) is 0 Å². The zero-order valence-electron chi connectivity index (χ0n) is 19.3. The smallest absolute Gasteiger partial charge is 0.249 e. The number of amides is 2. The fraction of sp³-hybridized carbons (Fsp3) is 0.214. The monoisotopic (exact) mass is 473 g/mol. The second-order valence-electron chi connectivity index (χ2n) is 8.32. The van der Waals surface area contributed by atoms with Crippen LogP contribution in [-0.2, 0) is 22.4 Å². The summed E-state index contributed by atoms with van der Waals surface area (Å²) in [7, 11) is 0. The zero-order chi connectivity index (χ0) is 24.1. The van der Waals surface area contributed by atoms with Gasteiger partial charge >= 0.3 is 0 Å². The van der Waals surface area contributed by atoms with Gasteiger partial charge in [-0.15, -0.1) is 0 Å². The van der Waals surface area contributed by atoms with Gasteiger partial charge in [-0.25, -0.2) is 0 Å². The fourth-order valence-corrected chi connectivity index (χ4v) is 4.47. The van der Waals surface area contributed by atoms with Crippen LogP contribution in [0.25, 0.3) is 10.9 Å². The number of carbonyl (C=O) groups excluding carboxylic acids is 2. The zero-order valence-corrected chi connectivity index (χ0v) is 20.1. The van der Waals surface area contributed by atoms with Gasteiger partial charge in [0.25, 0.3) is 0 Å². The number of halogens is 1. The summed E-state index contributed by atoms with van der Waals surface area (Å²) in [5.74, 6) is -0.341. The summed E-state index contributed by atoms with van der Waals surface area (Å²) >= 11 is 6.20. The van der Waals surface area contributed by atoms with Crippen molar-refractivity contribution in [1.29, 1.82) is 0 Å². The minimum absolute atomic E-state index is 0.135. The minimum atomic E-state index is -0.691. The molecule has 4 rings (SSSR count). The first kappa shape index (κ1) is 23.6. The summed E-state index contributed by atoms with van der Waals surface area (Å²) < 4.78 is 0. The molecule has 0 saturated carbocycles. The van der Waals surface area contributed by atoms with E-state index < -0.39 is 6.04 Å². The first-order valence-electron chi connectivity index (χ1n) is 11.4. The van der Waals surface area contributed by atoms with E-state index in [-0.39, 0.29) is 18.2 Å². The predicted octanol–water partition coefficient (Wildman–Crippen LogP) is 5.45. The van der Waals surface area contributed by atoms with Crippen LogP contribution in [0.1, 0.15) is 23.7 Å². The molecular formula is C28H28ClN3O2. The van der Waals surface area contributed by atoms with E-state index in [0.717, 1.165) is 33.4 Å². The molecule has 0 fully saturated rings. The maximum Gasteiger partial charge on any atom is 0.249 e. The Hall–Kier alpha value is -3.57. The molecule has 3 aromatic carbocycles. The second-order valence-corrected chi connectivity index (χ2v) is 8.76. The molecule has 0 bridgehead atoms. The summed E-state index contributed by atoms with van der Waals surface area (Å²) in [6.07, 6.45) is 0.565. The van der Waals surface area contributed by atoms with Crippen molar-refractivity contribution >= 4 is 40.0 Å². The third-order valence-electron chi connectivity index (χ3n) is 5.98. The average Bonchev–Trinajstić information content (AvgIpc) is 3.14. The number of H-pyrrole nitrogens is 1. The second kappa shape index (κ2) is 10.6. The Balaban J connectivity index is 1.59. The molecule has 0 aliphatic carbocycles. The Labute approximate surface area is 204 Å². The first-order valence-corrected chi connectivity index (χ1v) is 11.8. The number of benzene rings is 3. The van der Waals surface area contributed by atoms with E-state index >= 15 is 0 Å². The predicted molar refractivity (Wildman–Crippen MR) is 138 cm³/mol. The molecule has 4 aromatic rings. The lowest BCUT2D eigenvalue weighted by Gasteiger charge is -2.27. The molecule has 1 heterocycles. The lowest BCUT2D eigenvalue weighted by molar-refractivity contribution is -0.127. The number of aryl methyl sites for hydroxylation is 1. The number of carbonyl (C=O) groups is 2. The van der Waals surface area contributed by atoms with Crippen molar-refractivity contribution in [2.75, 3.05) is 11.4 Å². The highest BCUT2D eigenvalue weighted by atomic mass is 35.5. The third kappa shape index (κ3) is 5.32. The van der Waals surface area contributed by atoms with Gasteiger partial charge in [-0.1, -0.05) is 60.1 Å². The van der Waals surface area contributed by atoms with Crippen molar-refractivity contribution in [3.63, 3.8) is 0 Å². The summed E-state index contributed by atoms with van der Waals surface area (Å²) in [6.45, 7) is 4.38. The van der Waals surface area contributed by atoms with E-state index in [9.17, 15) is 9.59 Å². The number of aromatic amines is 1. The van der Waals surface area contributed by atoms with E-state index in [4.69, 9.17) is 11.6 Å². The number of anilines is 1. The molecular weight excluding hydrogens is 446 g/mol. The van der Waals surface area contributed by atoms with Crippen molar-refractivity contribution in [2.24, 2.45) is 0 Å². The van der Waals surface area contributed by atoms with Gasteiger partial charge in [0.05, 0.1) is 6.42 Å². The number of aromatic nitrogens is 1. The van der Waals surface area contributed by atoms with Crippen molar-refractivity contribution in [3.05, 3.63) is 101 Å². The van der Waals surface area contributed by atoms with Crippen LogP contribution in [0.2, 0.25) is 5.02 Å². The topological polar surface area (TPSA) is 65.2 Å². The Morgan fingerprint density at radius 2 is 1.68 bits per heavy atom. The van der Waals surface area contributed by atoms with Gasteiger partial charge in [0.2, 0.25) is 11.8 Å². The molecule has 174 valence electrons. The highest BCUT2D eigenvalue weighted by Gasteiger charge is 2.27. The first-order chi connectivity index (χ1) is 16.5. The molecule has 0 radical (unpaired) electrons. The Bertz CT molecular complexity index is 1290. The minimum Gasteiger partial charge on any atom is -0.358 e. The lowest BCUT2D eigenvalue weighted by atomic mass is 10.0. The van der Waals surface area contributed by atoms with E-state index in [1.807, 2.05) is 92.7 Å². The van der Waals surface area contributed by atoms with Crippen LogP contribution >= 0.6 is 11.6 Å². The third-order valence-corrected chi connectivity index (χ3v) is 6.22. The fourth-order valence-electron chi connectivity index (χ4n) is 4.30. The largest absolute Gasteiger partial charge is 0.358 e. The van der Waals surface area contributed by atoms with Gasteiger partial charge in [0.1, 0.15) is 6.04 Å². The number of hydrogen-bond donors (Lipinski definition) is 2. The number of likely N-dealkylation sites (N-methyl/N-ethyl adjacent to an activating group) is 1. The van der Waals surface area contributed by atoms with Crippen LogP contribution in [0.5, 0.6) is 0 Å². The molecule has 0 spiro atoms. The molecule has 6 heteroatoms. The van der Waals surface area contributed by atoms with Crippen molar-refractivity contribution < 1.29 is 9.59 Å². The van der Waals surface area contributed by atoms with E-state index in [0.29, 0.717) is 18.0 Å². The Kier molecular flexibility index (Phi) is 7.33. The molecule has 34 heavy (non-hydrogen) atoms. The summed E-state index contributed by atoms with van der Waals surface area (Å²) in [6, 6.07) is 24.2. The Morgan fingerprint density at radius 3 is 2.35 bits per heavy atom. The van der Waals surface area contributed by atoms with Gasteiger partial charge < -0.3 is 15.2 Å². The quantitative estimate of drug-likeness (QED) is 0.357. The van der Waals surface area contributed by atoms with Crippen molar-refractivity contribution in [2.45, 2.75) is 32.7 Å². The molecule has 0 saturated heterocycles. The molecule has 2 N–H and O–H groups in total. The van der Waals surface area contributed by atoms with Gasteiger partial charge in [-0.2, -0.15) is 0 Å². The number of nitrogens with one attached hydrogen (secondary N) is 2. The summed E-state index contributed by atoms with van der Waals surface area (Å²) in [5, 5.41) is 4.56. The number of para-hydroxylation sites is 1. The number of rotatable bonds is 8. The maximum absolute atomic E-state index is 13.6. The average molecular weight is 474 g/mol. The number of fused-ring (bicyclic) bond motifs is 1. The summed E-state index contributed by atoms with van der Waals surface area (Å²) in [5.41, 5.74) is 4.53.